The second-order valence-corrected chi connectivity index (χ2v) is 5.64. The molecular formula is C18H25N3. The zero-order chi connectivity index (χ0) is 15.4. The molecule has 0 aliphatic rings. The Kier molecular flexibility index (Phi) is 4.94. The molecule has 0 atom stereocenters. The van der Waals surface area contributed by atoms with E-state index in [1.165, 1.54) is 5.56 Å². The summed E-state index contributed by atoms with van der Waals surface area (Å²) in [5.41, 5.74) is 4.66. The van der Waals surface area contributed by atoms with Gasteiger partial charge in [-0.2, -0.15) is 0 Å². The van der Waals surface area contributed by atoms with Gasteiger partial charge in [-0.25, -0.2) is 9.97 Å². The largest absolute Gasteiger partial charge is 0.370 e. The van der Waals surface area contributed by atoms with E-state index in [0.717, 1.165) is 41.4 Å². The van der Waals surface area contributed by atoms with Crippen LogP contribution in [-0.2, 0) is 6.42 Å². The van der Waals surface area contributed by atoms with Crippen molar-refractivity contribution < 1.29 is 0 Å². The Bertz CT molecular complexity index is 601. The van der Waals surface area contributed by atoms with Gasteiger partial charge in [0.1, 0.15) is 11.6 Å². The van der Waals surface area contributed by atoms with Crippen LogP contribution in [-0.4, -0.2) is 16.5 Å². The first-order valence-electron chi connectivity index (χ1n) is 7.78. The molecule has 21 heavy (non-hydrogen) atoms. The molecule has 2 rings (SSSR count). The fourth-order valence-corrected chi connectivity index (χ4v) is 2.31. The molecule has 0 fully saturated rings. The van der Waals surface area contributed by atoms with Crippen molar-refractivity contribution in [1.82, 2.24) is 9.97 Å². The average molecular weight is 283 g/mol. The molecule has 3 heteroatoms. The Morgan fingerprint density at radius 3 is 2.24 bits per heavy atom. The van der Waals surface area contributed by atoms with E-state index in [-0.39, 0.29) is 0 Å². The fourth-order valence-electron chi connectivity index (χ4n) is 2.31. The van der Waals surface area contributed by atoms with E-state index in [4.69, 9.17) is 4.98 Å². The molecule has 1 N–H and O–H groups in total. The first-order chi connectivity index (χ1) is 10.1. The van der Waals surface area contributed by atoms with Crippen molar-refractivity contribution in [2.24, 2.45) is 0 Å². The molecule has 0 unspecified atom stereocenters. The molecule has 0 radical (unpaired) electrons. The molecule has 1 aromatic heterocycles. The van der Waals surface area contributed by atoms with E-state index in [2.05, 4.69) is 69.2 Å². The summed E-state index contributed by atoms with van der Waals surface area (Å²) < 4.78 is 0. The number of nitrogens with one attached hydrogen (secondary N) is 1. The van der Waals surface area contributed by atoms with Crippen molar-refractivity contribution in [2.75, 3.05) is 11.9 Å². The second-order valence-electron chi connectivity index (χ2n) is 5.64. The lowest BCUT2D eigenvalue weighted by Gasteiger charge is -2.15. The van der Waals surface area contributed by atoms with Crippen molar-refractivity contribution in [1.29, 1.82) is 0 Å². The van der Waals surface area contributed by atoms with Crippen LogP contribution in [0.2, 0.25) is 0 Å². The molecule has 0 bridgehead atoms. The number of rotatable bonds is 5. The first kappa shape index (κ1) is 15.5. The zero-order valence-electron chi connectivity index (χ0n) is 13.7. The lowest BCUT2D eigenvalue weighted by molar-refractivity contribution is 0.774. The van der Waals surface area contributed by atoms with Crippen LogP contribution in [0.15, 0.2) is 24.3 Å². The highest BCUT2D eigenvalue weighted by atomic mass is 15.0. The van der Waals surface area contributed by atoms with Gasteiger partial charge >= 0.3 is 0 Å². The van der Waals surface area contributed by atoms with Gasteiger partial charge in [-0.3, -0.25) is 0 Å². The molecule has 112 valence electrons. The number of hydrogen-bond acceptors (Lipinski definition) is 3. The van der Waals surface area contributed by atoms with Gasteiger partial charge in [0, 0.05) is 23.6 Å². The van der Waals surface area contributed by atoms with E-state index < -0.39 is 0 Å². The number of anilines is 1. The summed E-state index contributed by atoms with van der Waals surface area (Å²) in [7, 11) is 0. The Morgan fingerprint density at radius 1 is 1.05 bits per heavy atom. The maximum absolute atomic E-state index is 4.79. The smallest absolute Gasteiger partial charge is 0.133 e. The van der Waals surface area contributed by atoms with Crippen molar-refractivity contribution >= 4 is 5.82 Å². The van der Waals surface area contributed by atoms with Gasteiger partial charge in [-0.05, 0) is 25.8 Å². The summed E-state index contributed by atoms with van der Waals surface area (Å²) in [6.45, 7) is 11.5. The summed E-state index contributed by atoms with van der Waals surface area (Å²) in [6.07, 6.45) is 1.06. The highest BCUT2D eigenvalue weighted by molar-refractivity contribution is 5.68. The number of aryl methyl sites for hydroxylation is 1. The fraction of sp³-hybridized carbons (Fsp3) is 0.444. The first-order valence-corrected chi connectivity index (χ1v) is 7.78. The summed E-state index contributed by atoms with van der Waals surface area (Å²) in [6, 6.07) is 8.68. The summed E-state index contributed by atoms with van der Waals surface area (Å²) >= 11 is 0. The van der Waals surface area contributed by atoms with Crippen molar-refractivity contribution in [3.63, 3.8) is 0 Å². The van der Waals surface area contributed by atoms with E-state index in [9.17, 15) is 0 Å². The normalized spacial score (nSPS) is 11.0. The van der Waals surface area contributed by atoms with Crippen molar-refractivity contribution in [3.05, 3.63) is 41.2 Å². The zero-order valence-corrected chi connectivity index (χ0v) is 13.7. The van der Waals surface area contributed by atoms with E-state index in [1.54, 1.807) is 0 Å². The van der Waals surface area contributed by atoms with Gasteiger partial charge in [-0.1, -0.05) is 45.0 Å². The van der Waals surface area contributed by atoms with Gasteiger partial charge in [-0.15, -0.1) is 0 Å². The van der Waals surface area contributed by atoms with Crippen LogP contribution in [0.25, 0.3) is 11.3 Å². The van der Waals surface area contributed by atoms with Gasteiger partial charge in [0.05, 0.1) is 5.69 Å². The topological polar surface area (TPSA) is 37.8 Å². The quantitative estimate of drug-likeness (QED) is 0.873. The van der Waals surface area contributed by atoms with Crippen LogP contribution in [0.3, 0.4) is 0 Å². The third kappa shape index (κ3) is 3.41. The molecule has 0 saturated carbocycles. The molecule has 0 saturated heterocycles. The molecule has 1 aromatic carbocycles. The highest BCUT2D eigenvalue weighted by Crippen LogP contribution is 2.28. The third-order valence-corrected chi connectivity index (χ3v) is 3.66. The van der Waals surface area contributed by atoms with E-state index in [1.807, 2.05) is 0 Å². The van der Waals surface area contributed by atoms with Crippen LogP contribution < -0.4 is 5.32 Å². The minimum Gasteiger partial charge on any atom is -0.370 e. The monoisotopic (exact) mass is 283 g/mol. The van der Waals surface area contributed by atoms with Crippen LogP contribution in [0.1, 0.15) is 50.6 Å². The van der Waals surface area contributed by atoms with Crippen LogP contribution in [0, 0.1) is 6.92 Å². The number of nitrogens with zero attached hydrogens (tertiary/aromatic N) is 2. The van der Waals surface area contributed by atoms with E-state index in [0.29, 0.717) is 5.92 Å². The van der Waals surface area contributed by atoms with Gasteiger partial charge in [0.15, 0.2) is 0 Å². The third-order valence-electron chi connectivity index (χ3n) is 3.66. The summed E-state index contributed by atoms with van der Waals surface area (Å²) in [5, 5.41) is 3.35. The summed E-state index contributed by atoms with van der Waals surface area (Å²) in [4.78, 5) is 9.45. The minimum absolute atomic E-state index is 0.316. The molecule has 3 nitrogen and oxygen atoms in total. The minimum atomic E-state index is 0.316. The lowest BCUT2D eigenvalue weighted by atomic mass is 10.0. The Morgan fingerprint density at radius 2 is 1.71 bits per heavy atom. The van der Waals surface area contributed by atoms with Crippen LogP contribution in [0.5, 0.6) is 0 Å². The Labute approximate surface area is 127 Å². The number of benzene rings is 1. The maximum atomic E-state index is 4.79. The SMILES string of the molecule is CCNc1nc(C(C)C)nc(-c2ccc(CC)cc2)c1C. The molecule has 2 aromatic rings. The molecule has 0 aliphatic heterocycles. The molecule has 0 spiro atoms. The molecule has 1 heterocycles. The second kappa shape index (κ2) is 6.70. The van der Waals surface area contributed by atoms with Gasteiger partial charge in [0.2, 0.25) is 0 Å². The average Bonchev–Trinajstić information content (AvgIpc) is 2.49. The molecule has 0 aliphatic carbocycles. The molecular weight excluding hydrogens is 258 g/mol. The van der Waals surface area contributed by atoms with Crippen LogP contribution >= 0.6 is 0 Å². The molecule has 0 amide bonds. The number of hydrogen-bond donors (Lipinski definition) is 1. The lowest BCUT2D eigenvalue weighted by Crippen LogP contribution is -2.08. The summed E-state index contributed by atoms with van der Waals surface area (Å²) in [5.74, 6) is 2.16. The van der Waals surface area contributed by atoms with Crippen molar-refractivity contribution in [2.45, 2.75) is 47.0 Å². The Hall–Kier alpha value is -1.90. The van der Waals surface area contributed by atoms with Crippen molar-refractivity contribution in [3.8, 4) is 11.3 Å². The van der Waals surface area contributed by atoms with Crippen LogP contribution in [0.4, 0.5) is 5.82 Å². The highest BCUT2D eigenvalue weighted by Gasteiger charge is 2.14. The number of aromatic nitrogens is 2. The van der Waals surface area contributed by atoms with Gasteiger partial charge in [0.25, 0.3) is 0 Å². The predicted octanol–water partition coefficient (Wildman–Crippen LogP) is 4.57. The standard InChI is InChI=1S/C18H25N3/c1-6-14-8-10-15(11-9-14)16-13(5)18(19-7-2)21-17(20-16)12(3)4/h8-12H,6-7H2,1-5H3,(H,19,20,21). The van der Waals surface area contributed by atoms with Gasteiger partial charge < -0.3 is 5.32 Å². The predicted molar refractivity (Wildman–Crippen MR) is 89.8 cm³/mol. The Balaban J connectivity index is 2.54. The van der Waals surface area contributed by atoms with E-state index >= 15 is 0 Å². The maximum Gasteiger partial charge on any atom is 0.133 e.